The van der Waals surface area contributed by atoms with Crippen LogP contribution in [0.15, 0.2) is 36.9 Å². The van der Waals surface area contributed by atoms with Crippen molar-refractivity contribution in [1.29, 1.82) is 0 Å². The first-order valence-corrected chi connectivity index (χ1v) is 18.3. The van der Waals surface area contributed by atoms with Gasteiger partial charge < -0.3 is 40.6 Å². The Morgan fingerprint density at radius 2 is 1.61 bits per heavy atom. The average Bonchev–Trinajstić information content (AvgIpc) is 3.45. The molecule has 0 aliphatic heterocycles. The number of hydrogen-bond acceptors (Lipinski definition) is 10. The monoisotopic (exact) mass is 661 g/mol. The topological polar surface area (TPSA) is 201 Å². The molecule has 1 aromatic carbocycles. The molecular formula is C32H52N7O6P. The molecule has 0 bridgehead atoms. The van der Waals surface area contributed by atoms with Gasteiger partial charge in [-0.25, -0.2) is 19.5 Å². The molecule has 7 N–H and O–H groups in total. The second-order valence-electron chi connectivity index (χ2n) is 11.8. The van der Waals surface area contributed by atoms with Gasteiger partial charge >= 0.3 is 7.60 Å². The number of nitrogen functional groups attached to an aromatic ring is 1. The van der Waals surface area contributed by atoms with E-state index in [1.807, 2.05) is 0 Å². The molecule has 3 rings (SSSR count). The smallest absolute Gasteiger partial charge is 0.402 e. The van der Waals surface area contributed by atoms with Crippen LogP contribution in [0.5, 0.6) is 5.75 Å². The van der Waals surface area contributed by atoms with Crippen molar-refractivity contribution in [2.45, 2.75) is 109 Å². The van der Waals surface area contributed by atoms with E-state index in [0.29, 0.717) is 24.1 Å². The van der Waals surface area contributed by atoms with Crippen molar-refractivity contribution in [3.05, 3.63) is 42.5 Å². The summed E-state index contributed by atoms with van der Waals surface area (Å²) in [7, 11) is -4.21. The number of amides is 1. The third-order valence-corrected chi connectivity index (χ3v) is 8.85. The molecule has 0 saturated carbocycles. The highest BCUT2D eigenvalue weighted by atomic mass is 31.2. The summed E-state index contributed by atoms with van der Waals surface area (Å²) in [5.41, 5.74) is 13.2. The van der Waals surface area contributed by atoms with Gasteiger partial charge in [0, 0.05) is 0 Å². The summed E-state index contributed by atoms with van der Waals surface area (Å²) >= 11 is 0. The van der Waals surface area contributed by atoms with Gasteiger partial charge in [-0.15, -0.1) is 0 Å². The number of nitrogens with two attached hydrogens (primary N) is 2. The maximum atomic E-state index is 12.7. The second-order valence-corrected chi connectivity index (χ2v) is 13.5. The number of anilines is 1. The molecule has 14 heteroatoms. The molecular weight excluding hydrogens is 609 g/mol. The fourth-order valence-corrected chi connectivity index (χ4v) is 6.15. The highest BCUT2D eigenvalue weighted by Crippen LogP contribution is 2.43. The Morgan fingerprint density at radius 1 is 0.978 bits per heavy atom. The minimum Gasteiger partial charge on any atom is -0.423 e. The van der Waals surface area contributed by atoms with Crippen LogP contribution in [0.1, 0.15) is 89.5 Å². The number of carbonyl (C=O) groups excluding carboxylic acids is 1. The number of rotatable bonds is 25. The number of hydrogen-bond donors (Lipinski definition) is 5. The molecule has 0 fully saturated rings. The summed E-state index contributed by atoms with van der Waals surface area (Å²) in [6.07, 6.45) is 17.0. The van der Waals surface area contributed by atoms with Crippen LogP contribution < -0.4 is 21.3 Å². The lowest BCUT2D eigenvalue weighted by molar-refractivity contribution is -0.120. The van der Waals surface area contributed by atoms with E-state index < -0.39 is 38.6 Å². The summed E-state index contributed by atoms with van der Waals surface area (Å²) < 4.78 is 25.2. The lowest BCUT2D eigenvalue weighted by Gasteiger charge is -2.19. The molecule has 13 nitrogen and oxygen atoms in total. The quantitative estimate of drug-likeness (QED) is 0.0623. The van der Waals surface area contributed by atoms with Gasteiger partial charge in [0.1, 0.15) is 17.6 Å². The van der Waals surface area contributed by atoms with Crippen molar-refractivity contribution in [2.24, 2.45) is 5.73 Å². The first-order valence-electron chi connectivity index (χ1n) is 16.5. The predicted octanol–water partition coefficient (Wildman–Crippen LogP) is 4.70. The normalized spacial score (nSPS) is 14.2. The van der Waals surface area contributed by atoms with Crippen molar-refractivity contribution < 1.29 is 28.6 Å². The number of aromatic nitrogens is 4. The Kier molecular flexibility index (Phi) is 16.4. The molecule has 3 atom stereocenters. The minimum atomic E-state index is -4.21. The first-order chi connectivity index (χ1) is 22.2. The average molecular weight is 662 g/mol. The molecule has 0 saturated heterocycles. The molecule has 2 aromatic heterocycles. The number of ether oxygens (including phenoxy) is 1. The zero-order valence-electron chi connectivity index (χ0n) is 27.1. The van der Waals surface area contributed by atoms with Gasteiger partial charge in [0.25, 0.3) is 0 Å². The van der Waals surface area contributed by atoms with E-state index in [1.54, 1.807) is 28.8 Å². The fourth-order valence-electron chi connectivity index (χ4n) is 5.24. The second kappa shape index (κ2) is 20.2. The van der Waals surface area contributed by atoms with Crippen LogP contribution in [0.4, 0.5) is 5.82 Å². The number of unbranched alkanes of at least 4 members (excludes halogenated alkanes) is 11. The zero-order chi connectivity index (χ0) is 33.2. The number of imidazole rings is 1. The molecule has 0 aliphatic rings. The van der Waals surface area contributed by atoms with Gasteiger partial charge in [-0.2, -0.15) is 0 Å². The van der Waals surface area contributed by atoms with E-state index in [-0.39, 0.29) is 18.1 Å². The van der Waals surface area contributed by atoms with Gasteiger partial charge in [-0.3, -0.25) is 4.79 Å². The predicted molar refractivity (Wildman–Crippen MR) is 179 cm³/mol. The SMILES string of the molecule is CCCCCCCCCCCCCCN[C@@H](Cc1ccc(OP(=O)(O)CO[C@H](CO)Cn2cnc3c(N)ncnc32)cc1)C(N)=O. The molecule has 256 valence electrons. The lowest BCUT2D eigenvalue weighted by atomic mass is 10.0. The zero-order valence-corrected chi connectivity index (χ0v) is 28.0. The van der Waals surface area contributed by atoms with Crippen LogP contribution in [0, 0.1) is 0 Å². The van der Waals surface area contributed by atoms with Crippen LogP contribution in [-0.2, 0) is 27.1 Å². The van der Waals surface area contributed by atoms with Crippen LogP contribution >= 0.6 is 7.60 Å². The van der Waals surface area contributed by atoms with Gasteiger partial charge in [-0.1, -0.05) is 89.7 Å². The Balaban J connectivity index is 1.35. The lowest BCUT2D eigenvalue weighted by Crippen LogP contribution is -2.43. The van der Waals surface area contributed by atoms with Crippen molar-refractivity contribution in [1.82, 2.24) is 24.8 Å². The number of benzene rings is 1. The highest BCUT2D eigenvalue weighted by Gasteiger charge is 2.25. The third-order valence-electron chi connectivity index (χ3n) is 7.88. The Morgan fingerprint density at radius 3 is 2.22 bits per heavy atom. The van der Waals surface area contributed by atoms with Crippen LogP contribution in [0.25, 0.3) is 11.2 Å². The van der Waals surface area contributed by atoms with Crippen LogP contribution in [-0.4, -0.2) is 67.1 Å². The molecule has 2 heterocycles. The number of aliphatic hydroxyl groups excluding tert-OH is 1. The highest BCUT2D eigenvalue weighted by molar-refractivity contribution is 7.53. The van der Waals surface area contributed by atoms with Gasteiger partial charge in [0.05, 0.1) is 31.6 Å². The molecule has 1 amide bonds. The number of fused-ring (bicyclic) bond motifs is 1. The number of aliphatic hydroxyl groups is 1. The van der Waals surface area contributed by atoms with E-state index >= 15 is 0 Å². The van der Waals surface area contributed by atoms with Crippen molar-refractivity contribution in [3.63, 3.8) is 0 Å². The van der Waals surface area contributed by atoms with Gasteiger partial charge in [-0.05, 0) is 37.1 Å². The molecule has 0 radical (unpaired) electrons. The van der Waals surface area contributed by atoms with Gasteiger partial charge in [0.15, 0.2) is 17.8 Å². The molecule has 3 aromatic rings. The van der Waals surface area contributed by atoms with E-state index in [1.165, 1.54) is 76.9 Å². The van der Waals surface area contributed by atoms with E-state index in [9.17, 15) is 19.4 Å². The molecule has 0 aliphatic carbocycles. The molecule has 0 spiro atoms. The first kappa shape index (κ1) is 37.4. The number of nitrogens with zero attached hydrogens (tertiary/aromatic N) is 4. The summed E-state index contributed by atoms with van der Waals surface area (Å²) in [5, 5.41) is 13.0. The van der Waals surface area contributed by atoms with E-state index in [4.69, 9.17) is 20.7 Å². The summed E-state index contributed by atoms with van der Waals surface area (Å²) in [4.78, 5) is 34.6. The number of carbonyl (C=O) groups is 1. The van der Waals surface area contributed by atoms with E-state index in [0.717, 1.165) is 18.4 Å². The maximum absolute atomic E-state index is 12.7. The standard InChI is InChI=1S/C32H52N7O6P/c1-2-3-4-5-6-7-8-9-10-11-12-13-18-35-28(31(34)41)19-25-14-16-26(17-15-25)45-46(42,43)24-44-27(21-40)20-39-23-38-29-30(33)36-22-37-32(29)39/h14-17,22-23,27-28,35,40H,2-13,18-21,24H2,1H3,(H2,34,41)(H,42,43)(H2,33,36,37)/t27-,28-/m0/s1. The fraction of sp³-hybridized carbons (Fsp3) is 0.625. The summed E-state index contributed by atoms with van der Waals surface area (Å²) in [5.74, 6) is -0.0263. The Bertz CT molecular complexity index is 1360. The summed E-state index contributed by atoms with van der Waals surface area (Å²) in [6, 6.07) is 6.07. The molecule has 1 unspecified atom stereocenters. The van der Waals surface area contributed by atoms with E-state index in [2.05, 4.69) is 27.2 Å². The largest absolute Gasteiger partial charge is 0.423 e. The third kappa shape index (κ3) is 13.3. The number of nitrogens with one attached hydrogen (secondary N) is 1. The molecule has 46 heavy (non-hydrogen) atoms. The minimum absolute atomic E-state index is 0.118. The van der Waals surface area contributed by atoms with Gasteiger partial charge in [0.2, 0.25) is 5.91 Å². The van der Waals surface area contributed by atoms with Crippen molar-refractivity contribution in [3.8, 4) is 5.75 Å². The number of primary amides is 1. The van der Waals surface area contributed by atoms with Crippen molar-refractivity contribution >= 4 is 30.5 Å². The Hall–Kier alpha value is -3.09. The van der Waals surface area contributed by atoms with Crippen LogP contribution in [0.3, 0.4) is 0 Å². The van der Waals surface area contributed by atoms with Crippen molar-refractivity contribution in [2.75, 3.05) is 25.2 Å². The van der Waals surface area contributed by atoms with Crippen LogP contribution in [0.2, 0.25) is 0 Å². The summed E-state index contributed by atoms with van der Waals surface area (Å²) in [6.45, 7) is 2.67. The Labute approximate surface area is 272 Å². The maximum Gasteiger partial charge on any atom is 0.402 e.